The molecule has 0 saturated carbocycles. The fraction of sp³-hybridized carbons (Fsp3) is 0.387. The molecule has 1 atom stereocenters. The van der Waals surface area contributed by atoms with Gasteiger partial charge in [-0.25, -0.2) is 8.93 Å². The van der Waals surface area contributed by atoms with Crippen molar-refractivity contribution >= 4 is 39.3 Å². The monoisotopic (exact) mass is 570 g/mol. The molecular weight excluding hydrogens is 528 g/mol. The van der Waals surface area contributed by atoms with Crippen LogP contribution in [-0.4, -0.2) is 40.7 Å². The van der Waals surface area contributed by atoms with E-state index in [2.05, 4.69) is 23.5 Å². The van der Waals surface area contributed by atoms with Crippen molar-refractivity contribution in [2.75, 3.05) is 31.6 Å². The van der Waals surface area contributed by atoms with E-state index in [1.165, 1.54) is 0 Å². The number of rotatable bonds is 11. The van der Waals surface area contributed by atoms with Crippen molar-refractivity contribution in [3.8, 4) is 5.75 Å². The topological polar surface area (TPSA) is 59.4 Å². The summed E-state index contributed by atoms with van der Waals surface area (Å²) in [4.78, 5) is 2.95. The van der Waals surface area contributed by atoms with Gasteiger partial charge in [-0.1, -0.05) is 69.6 Å². The van der Waals surface area contributed by atoms with Crippen molar-refractivity contribution < 1.29 is 8.95 Å². The molecule has 6 nitrogen and oxygen atoms in total. The van der Waals surface area contributed by atoms with E-state index in [0.29, 0.717) is 13.1 Å². The van der Waals surface area contributed by atoms with Crippen LogP contribution < -0.4 is 14.4 Å². The van der Waals surface area contributed by atoms with Gasteiger partial charge in [0.25, 0.3) is 0 Å². The van der Waals surface area contributed by atoms with Crippen LogP contribution >= 0.6 is 11.6 Å². The highest BCUT2D eigenvalue weighted by atomic mass is 35.5. The molecule has 0 aliphatic rings. The molecule has 1 aromatic heterocycles. The van der Waals surface area contributed by atoms with Crippen molar-refractivity contribution in [1.82, 2.24) is 14.5 Å². The summed E-state index contributed by atoms with van der Waals surface area (Å²) in [6.45, 7) is 15.1. The summed E-state index contributed by atoms with van der Waals surface area (Å²) in [7, 11) is 0.327. The molecule has 1 heterocycles. The van der Waals surface area contributed by atoms with Crippen LogP contribution in [-0.2, 0) is 24.0 Å². The molecule has 0 spiro atoms. The third-order valence-corrected chi connectivity index (χ3v) is 7.58. The normalized spacial score (nSPS) is 11.2. The molecule has 4 rings (SSSR count). The van der Waals surface area contributed by atoms with Crippen molar-refractivity contribution in [2.45, 2.75) is 59.4 Å². The molecule has 0 fully saturated rings. The van der Waals surface area contributed by atoms with Crippen LogP contribution in [0.3, 0.4) is 0 Å². The summed E-state index contributed by atoms with van der Waals surface area (Å²) in [6.07, 6.45) is 0.776. The Morgan fingerprint density at radius 1 is 0.974 bits per heavy atom. The van der Waals surface area contributed by atoms with E-state index < -0.39 is 11.0 Å². The van der Waals surface area contributed by atoms with Crippen LogP contribution in [0.5, 0.6) is 5.75 Å². The van der Waals surface area contributed by atoms with Gasteiger partial charge in [-0.15, -0.1) is 0 Å². The van der Waals surface area contributed by atoms with E-state index >= 15 is 0 Å². The molecule has 3 aromatic carbocycles. The Morgan fingerprint density at radius 3 is 2.26 bits per heavy atom. The van der Waals surface area contributed by atoms with E-state index in [1.54, 1.807) is 7.11 Å². The number of hydrogen-bond acceptors (Lipinski definition) is 4. The van der Waals surface area contributed by atoms with E-state index in [9.17, 15) is 4.21 Å². The maximum atomic E-state index is 13.1. The predicted octanol–water partition coefficient (Wildman–Crippen LogP) is 7.50. The zero-order chi connectivity index (χ0) is 28.8. The minimum Gasteiger partial charge on any atom is -0.497 e. The highest BCUT2D eigenvalue weighted by molar-refractivity contribution is 7.83. The first kappa shape index (κ1) is 32.3. The Kier molecular flexibility index (Phi) is 14.1. The van der Waals surface area contributed by atoms with Crippen molar-refractivity contribution in [1.29, 1.82) is 0 Å². The lowest BCUT2D eigenvalue weighted by Crippen LogP contribution is -2.23. The van der Waals surface area contributed by atoms with Crippen molar-refractivity contribution in [2.24, 2.45) is 0 Å². The summed E-state index contributed by atoms with van der Waals surface area (Å²) < 4.78 is 23.4. The van der Waals surface area contributed by atoms with Crippen LogP contribution in [0.25, 0.3) is 10.9 Å². The van der Waals surface area contributed by atoms with Crippen LogP contribution in [0, 0.1) is 0 Å². The quantitative estimate of drug-likeness (QED) is 0.203. The number of nitrogens with one attached hydrogen (secondary N) is 1. The second kappa shape index (κ2) is 17.0. The minimum atomic E-state index is -1.33. The molecule has 0 aliphatic heterocycles. The highest BCUT2D eigenvalue weighted by Crippen LogP contribution is 2.29. The zero-order valence-electron chi connectivity index (χ0n) is 24.3. The molecule has 212 valence electrons. The van der Waals surface area contributed by atoms with Gasteiger partial charge in [0.1, 0.15) is 16.7 Å². The molecule has 0 saturated heterocycles. The van der Waals surface area contributed by atoms with Gasteiger partial charge < -0.3 is 9.64 Å². The minimum absolute atomic E-state index is 0.569. The van der Waals surface area contributed by atoms with Gasteiger partial charge >= 0.3 is 0 Å². The Balaban J connectivity index is 0.00000127. The van der Waals surface area contributed by atoms with Crippen molar-refractivity contribution in [3.63, 3.8) is 0 Å². The number of fused-ring (bicyclic) bond motifs is 1. The van der Waals surface area contributed by atoms with Crippen molar-refractivity contribution in [3.05, 3.63) is 82.9 Å². The molecule has 0 bridgehead atoms. The van der Waals surface area contributed by atoms with Crippen LogP contribution in [0.4, 0.5) is 5.82 Å². The SMILES string of the molecule is CC.CC.CCN(CC)c1nn(Cc2ccccc2Cl)c2ccc(S(=O)NCCc3ccc(OC)cc3)cc12. The fourth-order valence-electron chi connectivity index (χ4n) is 4.09. The smallest absolute Gasteiger partial charge is 0.158 e. The van der Waals surface area contributed by atoms with Crippen LogP contribution in [0.15, 0.2) is 71.6 Å². The second-order valence-corrected chi connectivity index (χ2v) is 9.89. The highest BCUT2D eigenvalue weighted by Gasteiger charge is 2.17. The lowest BCUT2D eigenvalue weighted by atomic mass is 10.1. The predicted molar refractivity (Wildman–Crippen MR) is 168 cm³/mol. The number of ether oxygens (including phenoxy) is 1. The molecule has 4 aromatic rings. The van der Waals surface area contributed by atoms with Gasteiger partial charge in [0.05, 0.1) is 24.1 Å². The lowest BCUT2D eigenvalue weighted by Gasteiger charge is -2.18. The molecule has 1 unspecified atom stereocenters. The molecule has 1 N–H and O–H groups in total. The summed E-state index contributed by atoms with van der Waals surface area (Å²) in [5.74, 6) is 1.73. The number of aromatic nitrogens is 2. The first-order valence-electron chi connectivity index (χ1n) is 13.8. The third kappa shape index (κ3) is 8.56. The molecule has 8 heteroatoms. The molecule has 39 heavy (non-hydrogen) atoms. The summed E-state index contributed by atoms with van der Waals surface area (Å²) in [5, 5.41) is 6.65. The largest absolute Gasteiger partial charge is 0.497 e. The number of hydrogen-bond donors (Lipinski definition) is 1. The van der Waals surface area contributed by atoms with Crippen LogP contribution in [0.1, 0.15) is 52.7 Å². The standard InChI is InChI=1S/C27H31ClN4O2S.2C2H6/c1-4-31(5-2)27-24-18-23(35(33)29-17-16-20-10-12-22(34-3)13-11-20)14-15-26(24)32(30-27)19-21-8-6-7-9-25(21)28;2*1-2/h6-15,18,29H,4-5,16-17,19H2,1-3H3;2*1-2H3. The van der Waals surface area contributed by atoms with Gasteiger partial charge in [-0.3, -0.25) is 4.68 Å². The van der Waals surface area contributed by atoms with Gasteiger partial charge in [0, 0.05) is 30.0 Å². The summed E-state index contributed by atoms with van der Waals surface area (Å²) in [6, 6.07) is 21.7. The maximum Gasteiger partial charge on any atom is 0.158 e. The Hall–Kier alpha value is -2.87. The maximum absolute atomic E-state index is 13.1. The van der Waals surface area contributed by atoms with E-state index in [4.69, 9.17) is 21.4 Å². The lowest BCUT2D eigenvalue weighted by molar-refractivity contribution is 0.414. The number of anilines is 1. The Morgan fingerprint density at radius 2 is 1.64 bits per heavy atom. The van der Waals surface area contributed by atoms with Gasteiger partial charge in [0.15, 0.2) is 5.82 Å². The van der Waals surface area contributed by atoms with Gasteiger partial charge in [-0.2, -0.15) is 5.10 Å². The number of nitrogens with zero attached hydrogens (tertiary/aromatic N) is 3. The number of benzene rings is 3. The second-order valence-electron chi connectivity index (χ2n) is 8.19. The average Bonchev–Trinajstić information content (AvgIpc) is 3.34. The Labute approximate surface area is 241 Å². The molecular formula is C31H43ClN4O2S. The first-order chi connectivity index (χ1) is 19.0. The zero-order valence-corrected chi connectivity index (χ0v) is 25.9. The summed E-state index contributed by atoms with van der Waals surface area (Å²) >= 11 is 6.42. The Bertz CT molecular complexity index is 1300. The average molecular weight is 571 g/mol. The van der Waals surface area contributed by atoms with Crippen LogP contribution in [0.2, 0.25) is 5.02 Å². The summed E-state index contributed by atoms with van der Waals surface area (Å²) in [5.41, 5.74) is 3.17. The number of halogens is 1. The number of methoxy groups -OCH3 is 1. The van der Waals surface area contributed by atoms with E-state index in [0.717, 1.165) is 63.0 Å². The van der Waals surface area contributed by atoms with E-state index in [-0.39, 0.29) is 0 Å². The van der Waals surface area contributed by atoms with E-state index in [1.807, 2.05) is 99.1 Å². The first-order valence-corrected chi connectivity index (χ1v) is 15.3. The molecule has 0 amide bonds. The fourth-order valence-corrected chi connectivity index (χ4v) is 5.15. The molecule has 0 aliphatic carbocycles. The van der Waals surface area contributed by atoms with Gasteiger partial charge in [-0.05, 0) is 67.8 Å². The molecule has 0 radical (unpaired) electrons. The third-order valence-electron chi connectivity index (χ3n) is 6.06. The van der Waals surface area contributed by atoms with Gasteiger partial charge in [0.2, 0.25) is 0 Å².